The summed E-state index contributed by atoms with van der Waals surface area (Å²) >= 11 is 0. The highest BCUT2D eigenvalue weighted by atomic mass is 19.1. The maximum Gasteiger partial charge on any atom is 0.272 e. The number of piperazine rings is 2. The van der Waals surface area contributed by atoms with Crippen molar-refractivity contribution in [1.29, 1.82) is 0 Å². The van der Waals surface area contributed by atoms with Crippen molar-refractivity contribution in [2.75, 3.05) is 72.0 Å². The van der Waals surface area contributed by atoms with E-state index in [0.29, 0.717) is 78.2 Å². The standard InChI is InChI=1S/C47H48F3N7O4/c48-39-13-10-30(23-42-36-8-4-5-9-37(36)45(59)52-51-42)22-38(39)46(60)56-20-18-55(19-21-56)43(58)29-54-16-14-53(15-17-54)27-34-24-35-12-11-32(34)28-57(35)47(61)44-40(49)25-33(26-41(44)50)31-6-2-1-3-7-31/h1-10,13,22,25-26,32,34-35H,11-12,14-21,23-24,27-29H2,(H,52,59). The third-order valence-corrected chi connectivity index (χ3v) is 13.3. The fourth-order valence-corrected chi connectivity index (χ4v) is 9.85. The number of rotatable bonds is 9. The molecule has 1 aromatic heterocycles. The fourth-order valence-electron chi connectivity index (χ4n) is 9.85. The Morgan fingerprint density at radius 2 is 1.36 bits per heavy atom. The zero-order valence-corrected chi connectivity index (χ0v) is 33.9. The molecule has 5 fully saturated rings. The van der Waals surface area contributed by atoms with Crippen LogP contribution in [-0.2, 0) is 11.2 Å². The number of fused-ring (bicyclic) bond motifs is 4. The van der Waals surface area contributed by atoms with E-state index in [1.165, 1.54) is 18.2 Å². The number of nitrogens with one attached hydrogen (secondary N) is 1. The molecule has 0 radical (unpaired) electrons. The van der Waals surface area contributed by atoms with Crippen molar-refractivity contribution >= 4 is 28.5 Å². The van der Waals surface area contributed by atoms with Crippen LogP contribution in [0.5, 0.6) is 0 Å². The summed E-state index contributed by atoms with van der Waals surface area (Å²) in [6.45, 7) is 6.11. The minimum absolute atomic E-state index is 0.00582. The van der Waals surface area contributed by atoms with Gasteiger partial charge in [0.05, 0.1) is 23.2 Å². The van der Waals surface area contributed by atoms with Gasteiger partial charge < -0.3 is 19.6 Å². The first-order chi connectivity index (χ1) is 29.6. The molecule has 5 aromatic rings. The van der Waals surface area contributed by atoms with Crippen LogP contribution in [0, 0.1) is 29.3 Å². The molecular formula is C47H48F3N7O4. The number of halogens is 3. The van der Waals surface area contributed by atoms with Crippen LogP contribution in [0.15, 0.2) is 89.7 Å². The van der Waals surface area contributed by atoms with Gasteiger partial charge >= 0.3 is 0 Å². The highest BCUT2D eigenvalue weighted by molar-refractivity contribution is 5.96. The van der Waals surface area contributed by atoms with E-state index in [1.807, 2.05) is 18.2 Å². The first-order valence-electron chi connectivity index (χ1n) is 21.2. The molecule has 4 aliphatic heterocycles. The van der Waals surface area contributed by atoms with Gasteiger partial charge in [0.25, 0.3) is 17.4 Å². The van der Waals surface area contributed by atoms with Crippen molar-refractivity contribution in [2.45, 2.75) is 31.7 Å². The Labute approximate surface area is 351 Å². The monoisotopic (exact) mass is 831 g/mol. The predicted octanol–water partition coefficient (Wildman–Crippen LogP) is 5.44. The van der Waals surface area contributed by atoms with Crippen molar-refractivity contribution in [1.82, 2.24) is 34.7 Å². The topological polar surface area (TPSA) is 113 Å². The molecule has 1 aliphatic carbocycles. The van der Waals surface area contributed by atoms with Crippen LogP contribution < -0.4 is 5.56 Å². The summed E-state index contributed by atoms with van der Waals surface area (Å²) in [6.07, 6.45) is 2.92. The average Bonchev–Trinajstić information content (AvgIpc) is 3.28. The van der Waals surface area contributed by atoms with Crippen LogP contribution >= 0.6 is 0 Å². The average molecular weight is 832 g/mol. The second-order valence-corrected chi connectivity index (χ2v) is 16.9. The minimum Gasteiger partial charge on any atom is -0.338 e. The molecule has 2 bridgehead atoms. The predicted molar refractivity (Wildman–Crippen MR) is 224 cm³/mol. The molecule has 0 spiro atoms. The van der Waals surface area contributed by atoms with Crippen molar-refractivity contribution in [3.8, 4) is 11.1 Å². The van der Waals surface area contributed by atoms with Crippen molar-refractivity contribution in [3.63, 3.8) is 0 Å². The van der Waals surface area contributed by atoms with E-state index < -0.39 is 34.8 Å². The molecule has 61 heavy (non-hydrogen) atoms. The first kappa shape index (κ1) is 40.5. The first-order valence-corrected chi connectivity index (χ1v) is 21.2. The SMILES string of the molecule is O=C(CN1CCN(CC2CC3CCC2CN3C(=O)c2c(F)cc(-c3ccccc3)cc2F)CC1)N1CCN(C(=O)c2cc(Cc3n[nH]c(=O)c4ccccc34)ccc2F)CC1. The Hall–Kier alpha value is -5.86. The number of piperidine rings is 2. The number of H-pyrrole nitrogens is 1. The molecule has 14 heteroatoms. The van der Waals surface area contributed by atoms with Gasteiger partial charge in [-0.25, -0.2) is 18.3 Å². The molecule has 4 saturated heterocycles. The Morgan fingerprint density at radius 1 is 0.689 bits per heavy atom. The molecule has 3 unspecified atom stereocenters. The van der Waals surface area contributed by atoms with Crippen LogP contribution in [0.1, 0.15) is 51.2 Å². The number of hydrogen-bond donors (Lipinski definition) is 1. The number of hydrogen-bond acceptors (Lipinski definition) is 7. The minimum atomic E-state index is -0.835. The van der Waals surface area contributed by atoms with E-state index in [-0.39, 0.29) is 35.5 Å². The van der Waals surface area contributed by atoms with Gasteiger partial charge in [-0.3, -0.25) is 24.1 Å². The normalized spacial score (nSPS) is 21.0. The smallest absolute Gasteiger partial charge is 0.272 e. The van der Waals surface area contributed by atoms with E-state index >= 15 is 13.2 Å². The lowest BCUT2D eigenvalue weighted by atomic mass is 9.71. The Balaban J connectivity index is 0.730. The van der Waals surface area contributed by atoms with Gasteiger partial charge in [-0.05, 0) is 78.1 Å². The van der Waals surface area contributed by atoms with E-state index in [2.05, 4.69) is 20.0 Å². The maximum absolute atomic E-state index is 15.3. The summed E-state index contributed by atoms with van der Waals surface area (Å²) in [5.41, 5.74) is 1.58. The summed E-state index contributed by atoms with van der Waals surface area (Å²) < 4.78 is 45.7. The highest BCUT2D eigenvalue weighted by Crippen LogP contribution is 2.41. The number of carbonyl (C=O) groups excluding carboxylic acids is 3. The molecule has 1 saturated carbocycles. The van der Waals surface area contributed by atoms with Crippen molar-refractivity contribution in [3.05, 3.63) is 135 Å². The lowest BCUT2D eigenvalue weighted by Gasteiger charge is -2.51. The number of benzene rings is 4. The molecule has 4 aromatic carbocycles. The fraction of sp³-hybridized carbons (Fsp3) is 0.383. The van der Waals surface area contributed by atoms with Gasteiger partial charge in [0.1, 0.15) is 23.0 Å². The van der Waals surface area contributed by atoms with Crippen LogP contribution in [0.4, 0.5) is 13.2 Å². The molecule has 10 rings (SSSR count). The van der Waals surface area contributed by atoms with Crippen LogP contribution in [0.2, 0.25) is 0 Å². The van der Waals surface area contributed by atoms with Crippen molar-refractivity contribution in [2.24, 2.45) is 11.8 Å². The summed E-state index contributed by atoms with van der Waals surface area (Å²) in [5.74, 6) is -2.63. The van der Waals surface area contributed by atoms with Crippen LogP contribution in [-0.4, -0.2) is 130 Å². The van der Waals surface area contributed by atoms with E-state index in [1.54, 1.807) is 63.2 Å². The Morgan fingerprint density at radius 3 is 2.07 bits per heavy atom. The molecule has 1 N–H and O–H groups in total. The van der Waals surface area contributed by atoms with Gasteiger partial charge in [0, 0.05) is 83.3 Å². The number of nitrogens with zero attached hydrogens (tertiary/aromatic N) is 6. The molecule has 5 heterocycles. The summed E-state index contributed by atoms with van der Waals surface area (Å²) in [4.78, 5) is 62.4. The molecule has 316 valence electrons. The largest absolute Gasteiger partial charge is 0.338 e. The van der Waals surface area contributed by atoms with Gasteiger partial charge in [-0.15, -0.1) is 0 Å². The lowest BCUT2D eigenvalue weighted by molar-refractivity contribution is -0.134. The summed E-state index contributed by atoms with van der Waals surface area (Å²) in [5, 5.41) is 7.94. The number of aromatic amines is 1. The number of amides is 3. The Kier molecular flexibility index (Phi) is 11.5. The highest BCUT2D eigenvalue weighted by Gasteiger charge is 2.44. The lowest BCUT2D eigenvalue weighted by Crippen LogP contribution is -2.58. The van der Waals surface area contributed by atoms with Gasteiger partial charge in [0.2, 0.25) is 5.91 Å². The second-order valence-electron chi connectivity index (χ2n) is 16.9. The quantitative estimate of drug-likeness (QED) is 0.211. The molecule has 3 amide bonds. The van der Waals surface area contributed by atoms with Crippen LogP contribution in [0.25, 0.3) is 21.9 Å². The van der Waals surface area contributed by atoms with E-state index in [9.17, 15) is 19.2 Å². The van der Waals surface area contributed by atoms with Crippen LogP contribution in [0.3, 0.4) is 0 Å². The van der Waals surface area contributed by atoms with Crippen molar-refractivity contribution < 1.29 is 27.6 Å². The Bertz CT molecular complexity index is 2500. The third kappa shape index (κ3) is 8.43. The molecule has 3 atom stereocenters. The third-order valence-electron chi connectivity index (χ3n) is 13.3. The second kappa shape index (κ2) is 17.3. The van der Waals surface area contributed by atoms with Gasteiger partial charge in [0.15, 0.2) is 0 Å². The van der Waals surface area contributed by atoms with E-state index in [0.717, 1.165) is 52.0 Å². The summed E-state index contributed by atoms with van der Waals surface area (Å²) in [6, 6.07) is 23.0. The number of aromatic nitrogens is 2. The zero-order valence-electron chi connectivity index (χ0n) is 33.9. The maximum atomic E-state index is 15.3. The van der Waals surface area contributed by atoms with Gasteiger partial charge in [-0.1, -0.05) is 54.6 Å². The molecule has 11 nitrogen and oxygen atoms in total. The molecule has 5 aliphatic rings. The van der Waals surface area contributed by atoms with Gasteiger partial charge in [-0.2, -0.15) is 5.10 Å². The number of carbonyl (C=O) groups is 3. The van der Waals surface area contributed by atoms with E-state index in [4.69, 9.17) is 0 Å². The zero-order chi connectivity index (χ0) is 42.2. The summed E-state index contributed by atoms with van der Waals surface area (Å²) in [7, 11) is 0. The molecular weight excluding hydrogens is 784 g/mol.